The average molecular weight is 271 g/mol. The minimum absolute atomic E-state index is 0.225. The Labute approximate surface area is 116 Å². The van der Waals surface area contributed by atoms with Gasteiger partial charge in [-0.3, -0.25) is 0 Å². The molecule has 112 valence electrons. The Morgan fingerprint density at radius 2 is 2.11 bits per heavy atom. The van der Waals surface area contributed by atoms with E-state index in [1.165, 1.54) is 12.8 Å². The van der Waals surface area contributed by atoms with Crippen molar-refractivity contribution in [2.75, 3.05) is 6.54 Å². The molecule has 0 saturated heterocycles. The van der Waals surface area contributed by atoms with Gasteiger partial charge in [-0.1, -0.05) is 6.42 Å². The lowest BCUT2D eigenvalue weighted by molar-refractivity contribution is 0.0522. The number of ether oxygens (including phenoxy) is 1. The number of hydrogen-bond donors (Lipinski definition) is 3. The highest BCUT2D eigenvalue weighted by atomic mass is 16.6. The van der Waals surface area contributed by atoms with Crippen LogP contribution in [0.25, 0.3) is 0 Å². The fraction of sp³-hybridized carbons (Fsp3) is 0.929. The highest BCUT2D eigenvalue weighted by molar-refractivity contribution is 5.67. The van der Waals surface area contributed by atoms with Gasteiger partial charge < -0.3 is 21.1 Å². The van der Waals surface area contributed by atoms with Gasteiger partial charge in [-0.05, 0) is 47.0 Å². The van der Waals surface area contributed by atoms with Crippen molar-refractivity contribution in [2.24, 2.45) is 5.73 Å². The van der Waals surface area contributed by atoms with Gasteiger partial charge in [0, 0.05) is 24.7 Å². The van der Waals surface area contributed by atoms with Crippen molar-refractivity contribution < 1.29 is 9.53 Å². The predicted molar refractivity (Wildman–Crippen MR) is 77.1 cm³/mol. The second-order valence-corrected chi connectivity index (χ2v) is 6.57. The molecule has 5 heteroatoms. The summed E-state index contributed by atoms with van der Waals surface area (Å²) in [6, 6.07) is 1.01. The van der Waals surface area contributed by atoms with Crippen molar-refractivity contribution in [3.05, 3.63) is 0 Å². The first-order valence-electron chi connectivity index (χ1n) is 7.25. The highest BCUT2D eigenvalue weighted by Gasteiger charge is 2.21. The maximum atomic E-state index is 11.5. The van der Waals surface area contributed by atoms with Crippen LogP contribution in [0.4, 0.5) is 4.79 Å². The number of nitrogens with one attached hydrogen (secondary N) is 2. The molecular formula is C14H29N3O2. The lowest BCUT2D eigenvalue weighted by Crippen LogP contribution is -2.47. The van der Waals surface area contributed by atoms with Crippen molar-refractivity contribution in [2.45, 2.75) is 77.1 Å². The number of carbonyl (C=O) groups is 1. The minimum Gasteiger partial charge on any atom is -0.444 e. The summed E-state index contributed by atoms with van der Waals surface area (Å²) in [5.74, 6) is 0. The molecule has 0 aromatic rings. The second kappa shape index (κ2) is 7.10. The lowest BCUT2D eigenvalue weighted by Gasteiger charge is -2.30. The SMILES string of the molecule is CC(CNC(=O)OC(C)(C)C)NC1CCCC(N)C1. The molecule has 0 aliphatic heterocycles. The van der Waals surface area contributed by atoms with Crippen molar-refractivity contribution in [1.82, 2.24) is 10.6 Å². The predicted octanol–water partition coefficient (Wildman–Crippen LogP) is 1.76. The largest absolute Gasteiger partial charge is 0.444 e. The number of nitrogens with two attached hydrogens (primary N) is 1. The number of alkyl carbamates (subject to hydrolysis) is 1. The normalized spacial score (nSPS) is 25.7. The molecule has 0 aromatic heterocycles. The fourth-order valence-electron chi connectivity index (χ4n) is 2.39. The highest BCUT2D eigenvalue weighted by Crippen LogP contribution is 2.17. The summed E-state index contributed by atoms with van der Waals surface area (Å²) < 4.78 is 5.20. The van der Waals surface area contributed by atoms with E-state index in [9.17, 15) is 4.79 Å². The molecule has 0 aromatic carbocycles. The number of hydrogen-bond acceptors (Lipinski definition) is 4. The molecule has 0 radical (unpaired) electrons. The van der Waals surface area contributed by atoms with Crippen LogP contribution in [-0.4, -0.2) is 36.4 Å². The van der Waals surface area contributed by atoms with E-state index >= 15 is 0 Å². The van der Waals surface area contributed by atoms with Crippen molar-refractivity contribution in [3.8, 4) is 0 Å². The molecule has 19 heavy (non-hydrogen) atoms. The van der Waals surface area contributed by atoms with E-state index in [1.807, 2.05) is 20.8 Å². The molecule has 0 bridgehead atoms. The standard InChI is InChI=1S/C14H29N3O2/c1-10(9-16-13(18)19-14(2,3)4)17-12-7-5-6-11(15)8-12/h10-12,17H,5-9,15H2,1-4H3,(H,16,18). The summed E-state index contributed by atoms with van der Waals surface area (Å²) >= 11 is 0. The summed E-state index contributed by atoms with van der Waals surface area (Å²) in [6.45, 7) is 8.21. The van der Waals surface area contributed by atoms with Gasteiger partial charge in [-0.15, -0.1) is 0 Å². The van der Waals surface area contributed by atoms with Gasteiger partial charge >= 0.3 is 6.09 Å². The van der Waals surface area contributed by atoms with Gasteiger partial charge in [-0.25, -0.2) is 4.79 Å². The molecule has 1 rings (SSSR count). The summed E-state index contributed by atoms with van der Waals surface area (Å²) in [5, 5.41) is 6.30. The zero-order chi connectivity index (χ0) is 14.5. The van der Waals surface area contributed by atoms with E-state index in [2.05, 4.69) is 17.6 Å². The zero-order valence-corrected chi connectivity index (χ0v) is 12.7. The summed E-state index contributed by atoms with van der Waals surface area (Å²) in [4.78, 5) is 11.5. The summed E-state index contributed by atoms with van der Waals surface area (Å²) in [7, 11) is 0. The molecular weight excluding hydrogens is 242 g/mol. The van der Waals surface area contributed by atoms with E-state index in [0.29, 0.717) is 18.6 Å². The summed E-state index contributed by atoms with van der Waals surface area (Å²) in [5.41, 5.74) is 5.52. The molecule has 0 heterocycles. The van der Waals surface area contributed by atoms with Crippen LogP contribution in [0.1, 0.15) is 53.4 Å². The molecule has 0 spiro atoms. The Bertz CT molecular complexity index is 289. The quantitative estimate of drug-likeness (QED) is 0.728. The molecule has 5 nitrogen and oxygen atoms in total. The first-order chi connectivity index (χ1) is 8.76. The number of carbonyl (C=O) groups excluding carboxylic acids is 1. The monoisotopic (exact) mass is 271 g/mol. The molecule has 3 atom stereocenters. The van der Waals surface area contributed by atoms with Gasteiger partial charge in [0.15, 0.2) is 0 Å². The van der Waals surface area contributed by atoms with E-state index in [4.69, 9.17) is 10.5 Å². The molecule has 1 saturated carbocycles. The smallest absolute Gasteiger partial charge is 0.407 e. The third-order valence-electron chi connectivity index (χ3n) is 3.19. The lowest BCUT2D eigenvalue weighted by atomic mass is 9.91. The van der Waals surface area contributed by atoms with Crippen LogP contribution >= 0.6 is 0 Å². The minimum atomic E-state index is -0.448. The number of amides is 1. The van der Waals surface area contributed by atoms with Crippen molar-refractivity contribution in [3.63, 3.8) is 0 Å². The Hall–Kier alpha value is -0.810. The van der Waals surface area contributed by atoms with Gasteiger partial charge in [0.2, 0.25) is 0 Å². The van der Waals surface area contributed by atoms with Gasteiger partial charge in [-0.2, -0.15) is 0 Å². The maximum absolute atomic E-state index is 11.5. The first kappa shape index (κ1) is 16.2. The molecule has 1 aliphatic carbocycles. The van der Waals surface area contributed by atoms with Crippen LogP contribution in [0, 0.1) is 0 Å². The van der Waals surface area contributed by atoms with E-state index in [0.717, 1.165) is 12.8 Å². The van der Waals surface area contributed by atoms with Crippen LogP contribution in [0.5, 0.6) is 0 Å². The van der Waals surface area contributed by atoms with Crippen LogP contribution in [0.2, 0.25) is 0 Å². The Morgan fingerprint density at radius 1 is 1.42 bits per heavy atom. The molecule has 3 unspecified atom stereocenters. The van der Waals surface area contributed by atoms with Gasteiger partial charge in [0.1, 0.15) is 5.60 Å². The van der Waals surface area contributed by atoms with Gasteiger partial charge in [0.05, 0.1) is 0 Å². The summed E-state index contributed by atoms with van der Waals surface area (Å²) in [6.07, 6.45) is 4.15. The Kier molecular flexibility index (Phi) is 6.07. The van der Waals surface area contributed by atoms with E-state index in [-0.39, 0.29) is 12.1 Å². The van der Waals surface area contributed by atoms with Crippen LogP contribution < -0.4 is 16.4 Å². The topological polar surface area (TPSA) is 76.4 Å². The Balaban J connectivity index is 2.20. The first-order valence-corrected chi connectivity index (χ1v) is 7.25. The third-order valence-corrected chi connectivity index (χ3v) is 3.19. The van der Waals surface area contributed by atoms with Crippen LogP contribution in [-0.2, 0) is 4.74 Å². The Morgan fingerprint density at radius 3 is 2.68 bits per heavy atom. The number of rotatable bonds is 4. The molecule has 1 amide bonds. The third kappa shape index (κ3) is 7.38. The van der Waals surface area contributed by atoms with E-state index < -0.39 is 5.60 Å². The second-order valence-electron chi connectivity index (χ2n) is 6.57. The van der Waals surface area contributed by atoms with Crippen LogP contribution in [0.15, 0.2) is 0 Å². The van der Waals surface area contributed by atoms with Gasteiger partial charge in [0.25, 0.3) is 0 Å². The molecule has 4 N–H and O–H groups in total. The van der Waals surface area contributed by atoms with Crippen molar-refractivity contribution >= 4 is 6.09 Å². The van der Waals surface area contributed by atoms with Crippen LogP contribution in [0.3, 0.4) is 0 Å². The van der Waals surface area contributed by atoms with Crippen molar-refractivity contribution in [1.29, 1.82) is 0 Å². The maximum Gasteiger partial charge on any atom is 0.407 e. The zero-order valence-electron chi connectivity index (χ0n) is 12.7. The molecule has 1 fully saturated rings. The molecule has 1 aliphatic rings. The average Bonchev–Trinajstić information content (AvgIpc) is 2.24. The van der Waals surface area contributed by atoms with E-state index in [1.54, 1.807) is 0 Å². The fourth-order valence-corrected chi connectivity index (χ4v) is 2.39.